The molecular formula is C24H34N8S. The fourth-order valence-corrected chi connectivity index (χ4v) is 5.04. The Kier molecular flexibility index (Phi) is 6.88. The van der Waals surface area contributed by atoms with Gasteiger partial charge in [0, 0.05) is 25.7 Å². The van der Waals surface area contributed by atoms with Crippen LogP contribution in [0.5, 0.6) is 0 Å². The first-order valence-electron chi connectivity index (χ1n) is 11.6. The van der Waals surface area contributed by atoms with Gasteiger partial charge >= 0.3 is 0 Å². The number of nitrogens with zero attached hydrogens (tertiary/aromatic N) is 7. The number of anilines is 2. The Balaban J connectivity index is 1.64. The minimum atomic E-state index is 0.119. The predicted octanol–water partition coefficient (Wildman–Crippen LogP) is 4.87. The summed E-state index contributed by atoms with van der Waals surface area (Å²) in [4.78, 5) is 14.9. The van der Waals surface area contributed by atoms with Gasteiger partial charge in [0.1, 0.15) is 5.82 Å². The first-order chi connectivity index (χ1) is 15.7. The molecule has 1 aliphatic rings. The molecule has 0 atom stereocenters. The lowest BCUT2D eigenvalue weighted by atomic mass is 9.86. The summed E-state index contributed by atoms with van der Waals surface area (Å²) >= 11 is 1.61. The average Bonchev–Trinajstić information content (AvgIpc) is 3.21. The molecule has 0 spiro atoms. The molecule has 4 rings (SSSR count). The van der Waals surface area contributed by atoms with Crippen LogP contribution in [-0.4, -0.2) is 43.8 Å². The highest BCUT2D eigenvalue weighted by molar-refractivity contribution is 7.98. The Hall–Kier alpha value is -2.68. The first kappa shape index (κ1) is 23.5. The third-order valence-corrected chi connectivity index (χ3v) is 6.97. The summed E-state index contributed by atoms with van der Waals surface area (Å²) in [5.74, 6) is 2.94. The highest BCUT2D eigenvalue weighted by Gasteiger charge is 2.24. The lowest BCUT2D eigenvalue weighted by Crippen LogP contribution is -2.16. The van der Waals surface area contributed by atoms with Crippen LogP contribution >= 0.6 is 11.8 Å². The monoisotopic (exact) mass is 466 g/mol. The van der Waals surface area contributed by atoms with Gasteiger partial charge in [0.15, 0.2) is 11.0 Å². The van der Waals surface area contributed by atoms with Gasteiger partial charge in [0.2, 0.25) is 11.9 Å². The molecule has 33 heavy (non-hydrogen) atoms. The fourth-order valence-electron chi connectivity index (χ4n) is 4.18. The van der Waals surface area contributed by atoms with Crippen LogP contribution < -0.4 is 10.6 Å². The zero-order valence-electron chi connectivity index (χ0n) is 20.2. The normalized spacial score (nSPS) is 15.1. The lowest BCUT2D eigenvalue weighted by Gasteiger charge is -2.26. The van der Waals surface area contributed by atoms with Crippen molar-refractivity contribution in [3.05, 3.63) is 35.7 Å². The standard InChI is InChI=1S/C24H34N8S/c1-24(2,3)17-13-11-16(12-14-17)20-29-30-23(32(20)18-9-7-6-8-10-18)33-15-19-26-21(25)28-22(27-19)31(4)5/h11-14,18H,6-10,15H2,1-5H3,(H2,25,26,27,28). The van der Waals surface area contributed by atoms with Crippen molar-refractivity contribution < 1.29 is 0 Å². The quantitative estimate of drug-likeness (QED) is 0.514. The summed E-state index contributed by atoms with van der Waals surface area (Å²) in [7, 11) is 3.78. The summed E-state index contributed by atoms with van der Waals surface area (Å²) in [6.07, 6.45) is 6.09. The van der Waals surface area contributed by atoms with Gasteiger partial charge in [-0.05, 0) is 23.8 Å². The Morgan fingerprint density at radius 3 is 2.33 bits per heavy atom. The molecule has 3 aromatic rings. The minimum absolute atomic E-state index is 0.119. The summed E-state index contributed by atoms with van der Waals surface area (Å²) in [6, 6.07) is 9.17. The molecule has 1 aromatic carbocycles. The summed E-state index contributed by atoms with van der Waals surface area (Å²) in [6.45, 7) is 6.70. The molecule has 0 aliphatic heterocycles. The van der Waals surface area contributed by atoms with E-state index in [0.717, 1.165) is 29.4 Å². The van der Waals surface area contributed by atoms with Crippen molar-refractivity contribution in [2.45, 2.75) is 75.2 Å². The van der Waals surface area contributed by atoms with E-state index in [9.17, 15) is 0 Å². The molecular weight excluding hydrogens is 432 g/mol. The Bertz CT molecular complexity index is 1080. The van der Waals surface area contributed by atoms with Crippen LogP contribution in [0.25, 0.3) is 11.4 Å². The van der Waals surface area contributed by atoms with E-state index in [4.69, 9.17) is 5.73 Å². The van der Waals surface area contributed by atoms with Crippen LogP contribution in [0.1, 0.15) is 70.3 Å². The Labute approximate surface area is 200 Å². The number of nitrogen functional groups attached to an aromatic ring is 1. The molecule has 2 heterocycles. The molecule has 1 saturated carbocycles. The summed E-state index contributed by atoms with van der Waals surface area (Å²) in [5.41, 5.74) is 8.44. The zero-order chi connectivity index (χ0) is 23.6. The number of benzene rings is 1. The van der Waals surface area contributed by atoms with E-state index in [-0.39, 0.29) is 11.4 Å². The van der Waals surface area contributed by atoms with E-state index in [0.29, 0.717) is 23.6 Å². The van der Waals surface area contributed by atoms with E-state index in [1.807, 2.05) is 19.0 Å². The molecule has 1 fully saturated rings. The largest absolute Gasteiger partial charge is 0.368 e. The van der Waals surface area contributed by atoms with E-state index in [1.165, 1.54) is 24.8 Å². The van der Waals surface area contributed by atoms with Crippen LogP contribution in [0.4, 0.5) is 11.9 Å². The van der Waals surface area contributed by atoms with Crippen molar-refractivity contribution in [1.29, 1.82) is 0 Å². The predicted molar refractivity (Wildman–Crippen MR) is 134 cm³/mol. The molecule has 0 radical (unpaired) electrons. The molecule has 2 aromatic heterocycles. The number of thioether (sulfide) groups is 1. The van der Waals surface area contributed by atoms with E-state index < -0.39 is 0 Å². The van der Waals surface area contributed by atoms with Gasteiger partial charge in [-0.25, -0.2) is 0 Å². The Morgan fingerprint density at radius 2 is 1.70 bits per heavy atom. The highest BCUT2D eigenvalue weighted by atomic mass is 32.2. The number of hydrogen-bond donors (Lipinski definition) is 1. The molecule has 176 valence electrons. The fraction of sp³-hybridized carbons (Fsp3) is 0.542. The van der Waals surface area contributed by atoms with Crippen molar-refractivity contribution in [3.63, 3.8) is 0 Å². The topological polar surface area (TPSA) is 98.6 Å². The van der Waals surface area contributed by atoms with Gasteiger partial charge in [0.25, 0.3) is 0 Å². The van der Waals surface area contributed by atoms with Crippen molar-refractivity contribution >= 4 is 23.7 Å². The minimum Gasteiger partial charge on any atom is -0.368 e. The van der Waals surface area contributed by atoms with Crippen LogP contribution in [0, 0.1) is 0 Å². The van der Waals surface area contributed by atoms with Crippen LogP contribution in [0.15, 0.2) is 29.4 Å². The molecule has 1 aliphatic carbocycles. The molecule has 9 heteroatoms. The molecule has 0 bridgehead atoms. The second kappa shape index (κ2) is 9.67. The first-order valence-corrected chi connectivity index (χ1v) is 12.6. The summed E-state index contributed by atoms with van der Waals surface area (Å²) in [5, 5.41) is 10.1. The van der Waals surface area contributed by atoms with Crippen LogP contribution in [0.3, 0.4) is 0 Å². The van der Waals surface area contributed by atoms with Gasteiger partial charge in [-0.3, -0.25) is 4.57 Å². The third kappa shape index (κ3) is 5.46. The second-order valence-electron chi connectivity index (χ2n) is 9.89. The SMILES string of the molecule is CN(C)c1nc(N)nc(CSc2nnc(-c3ccc(C(C)(C)C)cc3)n2C2CCCCC2)n1. The number of nitrogens with two attached hydrogens (primary N) is 1. The van der Waals surface area contributed by atoms with Crippen molar-refractivity contribution in [3.8, 4) is 11.4 Å². The number of hydrogen-bond acceptors (Lipinski definition) is 8. The smallest absolute Gasteiger partial charge is 0.229 e. The summed E-state index contributed by atoms with van der Waals surface area (Å²) < 4.78 is 2.34. The maximum absolute atomic E-state index is 5.90. The molecule has 8 nitrogen and oxygen atoms in total. The van der Waals surface area contributed by atoms with E-state index >= 15 is 0 Å². The molecule has 0 saturated heterocycles. The number of rotatable bonds is 6. The lowest BCUT2D eigenvalue weighted by molar-refractivity contribution is 0.339. The highest BCUT2D eigenvalue weighted by Crippen LogP contribution is 2.36. The van der Waals surface area contributed by atoms with Gasteiger partial charge in [-0.1, -0.05) is 76.1 Å². The van der Waals surface area contributed by atoms with Gasteiger partial charge in [0.05, 0.1) is 5.75 Å². The van der Waals surface area contributed by atoms with Gasteiger partial charge in [-0.2, -0.15) is 15.0 Å². The maximum Gasteiger partial charge on any atom is 0.229 e. The third-order valence-electron chi connectivity index (χ3n) is 6.03. The van der Waals surface area contributed by atoms with Crippen molar-refractivity contribution in [1.82, 2.24) is 29.7 Å². The van der Waals surface area contributed by atoms with Crippen molar-refractivity contribution in [2.75, 3.05) is 24.7 Å². The van der Waals surface area contributed by atoms with Crippen LogP contribution in [-0.2, 0) is 11.2 Å². The van der Waals surface area contributed by atoms with Crippen LogP contribution in [0.2, 0.25) is 0 Å². The van der Waals surface area contributed by atoms with Crippen molar-refractivity contribution in [2.24, 2.45) is 0 Å². The second-order valence-corrected chi connectivity index (χ2v) is 10.8. The molecule has 2 N–H and O–H groups in total. The maximum atomic E-state index is 5.90. The number of aromatic nitrogens is 6. The molecule has 0 amide bonds. The van der Waals surface area contributed by atoms with E-state index in [2.05, 4.69) is 74.8 Å². The molecule has 0 unspecified atom stereocenters. The van der Waals surface area contributed by atoms with E-state index in [1.54, 1.807) is 11.8 Å². The average molecular weight is 467 g/mol. The van der Waals surface area contributed by atoms with Gasteiger partial charge < -0.3 is 10.6 Å². The van der Waals surface area contributed by atoms with Gasteiger partial charge in [-0.15, -0.1) is 10.2 Å². The zero-order valence-corrected chi connectivity index (χ0v) is 21.1. The Morgan fingerprint density at radius 1 is 1.00 bits per heavy atom.